The van der Waals surface area contributed by atoms with E-state index < -0.39 is 5.97 Å². The minimum atomic E-state index is -0.982. The number of carboxylic acid groups (broad SMARTS) is 1. The largest absolute Gasteiger partial charge is 0.480 e. The Balaban J connectivity index is 1.22. The molecule has 2 aliphatic heterocycles. The van der Waals surface area contributed by atoms with Crippen LogP contribution in [0.25, 0.3) is 0 Å². The third kappa shape index (κ3) is 7.39. The van der Waals surface area contributed by atoms with E-state index in [0.717, 1.165) is 61.3 Å². The number of rotatable bonds is 11. The van der Waals surface area contributed by atoms with Crippen molar-refractivity contribution in [2.45, 2.75) is 0 Å². The zero-order chi connectivity index (χ0) is 24.5. The number of amidine groups is 1. The Labute approximate surface area is 209 Å². The highest BCUT2D eigenvalue weighted by molar-refractivity contribution is 6.31. The van der Waals surface area contributed by atoms with Gasteiger partial charge in [0, 0.05) is 37.7 Å². The number of benzene rings is 2. The fourth-order valence-electron chi connectivity index (χ4n) is 3.91. The van der Waals surface area contributed by atoms with Gasteiger partial charge in [0.15, 0.2) is 5.75 Å². The molecule has 1 fully saturated rings. The lowest BCUT2D eigenvalue weighted by Crippen LogP contribution is -2.49. The van der Waals surface area contributed by atoms with Crippen molar-refractivity contribution < 1.29 is 28.8 Å². The standard InChI is InChI=1S/C25H30ClN3O6/c26-19-5-6-22-20(17-19)25(27-21-3-1-2-4-23(21)35-22)29-9-7-28(8-10-29)11-12-32-13-14-33-15-16-34-18-24(30)31/h1-6,17H,7-16,18H2,(H,30,31). The first-order valence-electron chi connectivity index (χ1n) is 11.7. The summed E-state index contributed by atoms with van der Waals surface area (Å²) >= 11 is 6.32. The van der Waals surface area contributed by atoms with Crippen LogP contribution in [-0.4, -0.2) is 99.1 Å². The summed E-state index contributed by atoms with van der Waals surface area (Å²) in [5.41, 5.74) is 1.71. The molecule has 35 heavy (non-hydrogen) atoms. The molecule has 9 nitrogen and oxygen atoms in total. The molecular formula is C25H30ClN3O6. The molecule has 0 atom stereocenters. The maximum atomic E-state index is 10.3. The highest BCUT2D eigenvalue weighted by Crippen LogP contribution is 2.38. The predicted octanol–water partition coefficient (Wildman–Crippen LogP) is 3.28. The predicted molar refractivity (Wildman–Crippen MR) is 132 cm³/mol. The van der Waals surface area contributed by atoms with Crippen LogP contribution in [0.1, 0.15) is 5.56 Å². The van der Waals surface area contributed by atoms with Gasteiger partial charge in [0.25, 0.3) is 0 Å². The summed E-state index contributed by atoms with van der Waals surface area (Å²) in [6.45, 7) is 6.21. The Hall–Kier alpha value is -2.69. The molecule has 0 aromatic heterocycles. The van der Waals surface area contributed by atoms with E-state index in [-0.39, 0.29) is 13.2 Å². The van der Waals surface area contributed by atoms with Gasteiger partial charge in [0.1, 0.15) is 23.9 Å². The maximum absolute atomic E-state index is 10.3. The first-order valence-corrected chi connectivity index (χ1v) is 12.1. The number of carboxylic acids is 1. The van der Waals surface area contributed by atoms with Gasteiger partial charge < -0.3 is 29.0 Å². The molecule has 10 heteroatoms. The minimum Gasteiger partial charge on any atom is -0.480 e. The molecule has 0 bridgehead atoms. The molecule has 0 saturated carbocycles. The number of nitrogens with zero attached hydrogens (tertiary/aromatic N) is 3. The van der Waals surface area contributed by atoms with Crippen LogP contribution >= 0.6 is 11.6 Å². The molecule has 2 heterocycles. The Morgan fingerprint density at radius 2 is 1.66 bits per heavy atom. The molecule has 2 aromatic rings. The Bertz CT molecular complexity index is 1030. The molecule has 2 aliphatic rings. The molecule has 0 radical (unpaired) electrons. The van der Waals surface area contributed by atoms with Crippen molar-refractivity contribution in [1.29, 1.82) is 0 Å². The zero-order valence-corrected chi connectivity index (χ0v) is 20.3. The molecular weight excluding hydrogens is 474 g/mol. The summed E-state index contributed by atoms with van der Waals surface area (Å²) in [4.78, 5) is 20.0. The molecule has 0 spiro atoms. The third-order valence-electron chi connectivity index (χ3n) is 5.69. The number of hydrogen-bond donors (Lipinski definition) is 1. The van der Waals surface area contributed by atoms with E-state index in [1.54, 1.807) is 0 Å². The van der Waals surface area contributed by atoms with Crippen molar-refractivity contribution in [3.63, 3.8) is 0 Å². The summed E-state index contributed by atoms with van der Waals surface area (Å²) in [6, 6.07) is 13.4. The topological polar surface area (TPSA) is 93.1 Å². The van der Waals surface area contributed by atoms with Gasteiger partial charge in [-0.3, -0.25) is 4.90 Å². The molecule has 1 saturated heterocycles. The van der Waals surface area contributed by atoms with Crippen molar-refractivity contribution in [1.82, 2.24) is 9.80 Å². The van der Waals surface area contributed by atoms with Gasteiger partial charge >= 0.3 is 5.97 Å². The number of aliphatic imine (C=N–C) groups is 1. The van der Waals surface area contributed by atoms with Crippen molar-refractivity contribution in [2.24, 2.45) is 4.99 Å². The molecule has 0 aliphatic carbocycles. The average molecular weight is 504 g/mol. The van der Waals surface area contributed by atoms with Crippen LogP contribution in [0.2, 0.25) is 5.02 Å². The van der Waals surface area contributed by atoms with Gasteiger partial charge in [-0.25, -0.2) is 9.79 Å². The second-order valence-electron chi connectivity index (χ2n) is 8.15. The summed E-state index contributed by atoms with van der Waals surface area (Å²) in [5, 5.41) is 9.14. The van der Waals surface area contributed by atoms with Crippen LogP contribution in [-0.2, 0) is 19.0 Å². The first kappa shape index (κ1) is 25.4. The van der Waals surface area contributed by atoms with E-state index in [1.807, 2.05) is 42.5 Å². The highest BCUT2D eigenvalue weighted by Gasteiger charge is 2.26. The van der Waals surface area contributed by atoms with E-state index in [2.05, 4.69) is 9.80 Å². The second kappa shape index (κ2) is 12.9. The quantitative estimate of drug-likeness (QED) is 0.467. The van der Waals surface area contributed by atoms with Gasteiger partial charge in [0.2, 0.25) is 0 Å². The molecule has 188 valence electrons. The monoisotopic (exact) mass is 503 g/mol. The number of fused-ring (bicyclic) bond motifs is 2. The SMILES string of the molecule is O=C(O)COCCOCCOCCN1CCN(C2=Nc3ccccc3Oc3ccc(Cl)cc32)CC1. The number of ether oxygens (including phenoxy) is 4. The number of para-hydroxylation sites is 2. The van der Waals surface area contributed by atoms with Crippen LogP contribution < -0.4 is 4.74 Å². The lowest BCUT2D eigenvalue weighted by molar-refractivity contribution is -0.142. The van der Waals surface area contributed by atoms with Crippen molar-refractivity contribution in [3.05, 3.63) is 53.1 Å². The van der Waals surface area contributed by atoms with E-state index in [4.69, 9.17) is 40.6 Å². The fraction of sp³-hybridized carbons (Fsp3) is 0.440. The van der Waals surface area contributed by atoms with Gasteiger partial charge in [0.05, 0.1) is 38.6 Å². The van der Waals surface area contributed by atoms with E-state index in [9.17, 15) is 4.79 Å². The average Bonchev–Trinajstić information content (AvgIpc) is 3.02. The van der Waals surface area contributed by atoms with Gasteiger partial charge in [-0.1, -0.05) is 23.7 Å². The lowest BCUT2D eigenvalue weighted by atomic mass is 10.1. The van der Waals surface area contributed by atoms with E-state index in [1.165, 1.54) is 0 Å². The first-order chi connectivity index (χ1) is 17.1. The van der Waals surface area contributed by atoms with Crippen molar-refractivity contribution in [2.75, 3.05) is 72.4 Å². The van der Waals surface area contributed by atoms with E-state index in [0.29, 0.717) is 31.5 Å². The maximum Gasteiger partial charge on any atom is 0.329 e. The number of hydrogen-bond acceptors (Lipinski definition) is 8. The number of halogens is 1. The summed E-state index contributed by atoms with van der Waals surface area (Å²) < 4.78 is 22.1. The zero-order valence-electron chi connectivity index (χ0n) is 19.5. The molecule has 2 aromatic carbocycles. The molecule has 1 N–H and O–H groups in total. The van der Waals surface area contributed by atoms with E-state index >= 15 is 0 Å². The van der Waals surface area contributed by atoms with Gasteiger partial charge in [-0.05, 0) is 30.3 Å². The molecule has 0 amide bonds. The Kier molecular flexibility index (Phi) is 9.33. The summed E-state index contributed by atoms with van der Waals surface area (Å²) in [5.74, 6) is 1.39. The highest BCUT2D eigenvalue weighted by atomic mass is 35.5. The Morgan fingerprint density at radius 1 is 0.943 bits per heavy atom. The normalized spacial score (nSPS) is 15.6. The van der Waals surface area contributed by atoms with Crippen LogP contribution in [0.5, 0.6) is 11.5 Å². The van der Waals surface area contributed by atoms with Crippen molar-refractivity contribution >= 4 is 29.1 Å². The minimum absolute atomic E-state index is 0.260. The summed E-state index contributed by atoms with van der Waals surface area (Å²) in [7, 11) is 0. The fourth-order valence-corrected chi connectivity index (χ4v) is 4.08. The Morgan fingerprint density at radius 3 is 2.43 bits per heavy atom. The van der Waals surface area contributed by atoms with Crippen LogP contribution in [0, 0.1) is 0 Å². The van der Waals surface area contributed by atoms with Crippen LogP contribution in [0.4, 0.5) is 5.69 Å². The van der Waals surface area contributed by atoms with Crippen LogP contribution in [0.3, 0.4) is 0 Å². The van der Waals surface area contributed by atoms with Crippen LogP contribution in [0.15, 0.2) is 47.5 Å². The second-order valence-corrected chi connectivity index (χ2v) is 8.58. The third-order valence-corrected chi connectivity index (χ3v) is 5.92. The van der Waals surface area contributed by atoms with Gasteiger partial charge in [-0.2, -0.15) is 0 Å². The number of carbonyl (C=O) groups is 1. The number of piperazine rings is 1. The van der Waals surface area contributed by atoms with Gasteiger partial charge in [-0.15, -0.1) is 0 Å². The molecule has 0 unspecified atom stereocenters. The summed E-state index contributed by atoms with van der Waals surface area (Å²) in [6.07, 6.45) is 0. The smallest absolute Gasteiger partial charge is 0.329 e. The number of aliphatic carboxylic acids is 1. The lowest BCUT2D eigenvalue weighted by Gasteiger charge is -2.36. The molecule has 4 rings (SSSR count). The van der Waals surface area contributed by atoms with Crippen molar-refractivity contribution in [3.8, 4) is 11.5 Å².